The molecule has 0 aliphatic rings. The van der Waals surface area contributed by atoms with Crippen molar-refractivity contribution >= 4 is 29.6 Å². The summed E-state index contributed by atoms with van der Waals surface area (Å²) in [5.74, 6) is 0.897. The van der Waals surface area contributed by atoms with Gasteiger partial charge in [0.25, 0.3) is 0 Å². The van der Waals surface area contributed by atoms with Crippen LogP contribution < -0.4 is 4.74 Å². The van der Waals surface area contributed by atoms with E-state index >= 15 is 0 Å². The lowest BCUT2D eigenvalue weighted by Gasteiger charge is -2.04. The first-order valence-corrected chi connectivity index (χ1v) is 8.53. The average molecular weight is 235 g/mol. The average Bonchev–Trinajstić information content (AvgIpc) is 2.08. The third-order valence-corrected chi connectivity index (χ3v) is 3.33. The first-order chi connectivity index (χ1) is 6.22. The molecule has 0 aliphatic carbocycles. The molecular formula is C9H12Cl2OSi. The second kappa shape index (κ2) is 5.53. The van der Waals surface area contributed by atoms with Gasteiger partial charge in [-0.25, -0.2) is 0 Å². The van der Waals surface area contributed by atoms with Crippen molar-refractivity contribution in [1.82, 2.24) is 0 Å². The smallest absolute Gasteiger partial charge is 0.241 e. The van der Waals surface area contributed by atoms with E-state index in [2.05, 4.69) is 0 Å². The van der Waals surface area contributed by atoms with E-state index in [-0.39, 0.29) is 0 Å². The topological polar surface area (TPSA) is 9.23 Å². The van der Waals surface area contributed by atoms with E-state index in [0.29, 0.717) is 6.61 Å². The van der Waals surface area contributed by atoms with Crippen LogP contribution in [0.2, 0.25) is 0 Å². The van der Waals surface area contributed by atoms with Gasteiger partial charge in [0.05, 0.1) is 6.61 Å². The third kappa shape index (κ3) is 4.03. The quantitative estimate of drug-likeness (QED) is 0.576. The number of hydrogen-bond acceptors (Lipinski definition) is 1. The minimum Gasteiger partial charge on any atom is -0.494 e. The molecule has 1 aromatic rings. The Balaban J connectivity index is 2.59. The predicted octanol–water partition coefficient (Wildman–Crippen LogP) is 2.87. The van der Waals surface area contributed by atoms with E-state index in [4.69, 9.17) is 26.9 Å². The summed E-state index contributed by atoms with van der Waals surface area (Å²) in [4.78, 5) is 0. The van der Waals surface area contributed by atoms with E-state index in [0.717, 1.165) is 11.8 Å². The maximum Gasteiger partial charge on any atom is 0.241 e. The van der Waals surface area contributed by atoms with E-state index < -0.39 is 7.42 Å². The largest absolute Gasteiger partial charge is 0.494 e. The SMILES string of the molecule is CCOc1ccc(C[SiH](Cl)Cl)cc1. The van der Waals surface area contributed by atoms with Crippen LogP contribution in [0.4, 0.5) is 0 Å². The third-order valence-electron chi connectivity index (χ3n) is 1.62. The molecule has 0 saturated carbocycles. The van der Waals surface area contributed by atoms with Crippen molar-refractivity contribution < 1.29 is 4.74 Å². The van der Waals surface area contributed by atoms with Crippen molar-refractivity contribution in [2.45, 2.75) is 13.0 Å². The normalized spacial score (nSPS) is 10.5. The molecule has 0 fully saturated rings. The Hall–Kier alpha value is -0.183. The van der Waals surface area contributed by atoms with Crippen LogP contribution in [0.15, 0.2) is 24.3 Å². The predicted molar refractivity (Wildman–Crippen MR) is 60.2 cm³/mol. The summed E-state index contributed by atoms with van der Waals surface area (Å²) in [5.41, 5.74) is 1.19. The van der Waals surface area contributed by atoms with Crippen LogP contribution in [0.25, 0.3) is 0 Å². The highest BCUT2D eigenvalue weighted by Gasteiger charge is 2.03. The van der Waals surface area contributed by atoms with E-state index in [1.807, 2.05) is 31.2 Å². The maximum atomic E-state index is 5.79. The van der Waals surface area contributed by atoms with Gasteiger partial charge in [-0.05, 0) is 30.7 Å². The summed E-state index contributed by atoms with van der Waals surface area (Å²) in [6.45, 7) is 2.66. The summed E-state index contributed by atoms with van der Waals surface area (Å²) in [7, 11) is -1.53. The van der Waals surface area contributed by atoms with Gasteiger partial charge in [-0.15, -0.1) is 22.2 Å². The van der Waals surface area contributed by atoms with Gasteiger partial charge in [-0.2, -0.15) is 0 Å². The molecule has 0 bridgehead atoms. The zero-order chi connectivity index (χ0) is 9.68. The number of halogens is 2. The summed E-state index contributed by atoms with van der Waals surface area (Å²) in [6, 6.07) is 8.73. The van der Waals surface area contributed by atoms with Gasteiger partial charge in [0.2, 0.25) is 7.42 Å². The lowest BCUT2D eigenvalue weighted by Crippen LogP contribution is -1.99. The Bertz CT molecular complexity index is 248. The van der Waals surface area contributed by atoms with Crippen LogP contribution in [0.1, 0.15) is 12.5 Å². The van der Waals surface area contributed by atoms with Crippen LogP contribution in [-0.4, -0.2) is 14.0 Å². The zero-order valence-electron chi connectivity index (χ0n) is 7.47. The molecule has 1 rings (SSSR count). The van der Waals surface area contributed by atoms with Gasteiger partial charge in [0.15, 0.2) is 0 Å². The van der Waals surface area contributed by atoms with Gasteiger partial charge < -0.3 is 4.74 Å². The number of benzene rings is 1. The molecule has 0 unspecified atom stereocenters. The first kappa shape index (κ1) is 10.9. The van der Waals surface area contributed by atoms with Crippen LogP contribution >= 0.6 is 22.2 Å². The second-order valence-electron chi connectivity index (χ2n) is 2.67. The van der Waals surface area contributed by atoms with Crippen LogP contribution in [0, 0.1) is 0 Å². The van der Waals surface area contributed by atoms with Gasteiger partial charge in [0, 0.05) is 0 Å². The fraction of sp³-hybridized carbons (Fsp3) is 0.333. The van der Waals surface area contributed by atoms with Crippen LogP contribution in [0.3, 0.4) is 0 Å². The first-order valence-electron chi connectivity index (χ1n) is 4.22. The Morgan fingerprint density at radius 2 is 1.85 bits per heavy atom. The molecular weight excluding hydrogens is 223 g/mol. The van der Waals surface area contributed by atoms with Crippen molar-refractivity contribution in [1.29, 1.82) is 0 Å². The zero-order valence-corrected chi connectivity index (χ0v) is 10.1. The molecule has 0 radical (unpaired) electrons. The highest BCUT2D eigenvalue weighted by atomic mass is 35.7. The van der Waals surface area contributed by atoms with Crippen LogP contribution in [-0.2, 0) is 6.04 Å². The Labute approximate surface area is 89.6 Å². The lowest BCUT2D eigenvalue weighted by molar-refractivity contribution is 0.340. The molecule has 72 valence electrons. The van der Waals surface area contributed by atoms with Gasteiger partial charge in [-0.1, -0.05) is 12.1 Å². The number of ether oxygens (including phenoxy) is 1. The summed E-state index contributed by atoms with van der Waals surface area (Å²) in [5, 5.41) is 0. The lowest BCUT2D eigenvalue weighted by atomic mass is 10.2. The van der Waals surface area contributed by atoms with Crippen molar-refractivity contribution in [2.24, 2.45) is 0 Å². The Kier molecular flexibility index (Phi) is 4.63. The summed E-state index contributed by atoms with van der Waals surface area (Å²) in [6.07, 6.45) is 0. The highest BCUT2D eigenvalue weighted by molar-refractivity contribution is 7.33. The molecule has 13 heavy (non-hydrogen) atoms. The van der Waals surface area contributed by atoms with Gasteiger partial charge in [-0.3, -0.25) is 0 Å². The molecule has 0 heterocycles. The minimum absolute atomic E-state index is 0.696. The fourth-order valence-corrected chi connectivity index (χ4v) is 2.76. The molecule has 4 heteroatoms. The van der Waals surface area contributed by atoms with Crippen molar-refractivity contribution in [2.75, 3.05) is 6.61 Å². The number of hydrogen-bond donors (Lipinski definition) is 0. The molecule has 0 amide bonds. The van der Waals surface area contributed by atoms with Gasteiger partial charge in [0.1, 0.15) is 5.75 Å². The molecule has 0 N–H and O–H groups in total. The molecule has 0 aromatic heterocycles. The van der Waals surface area contributed by atoms with Crippen molar-refractivity contribution in [3.8, 4) is 5.75 Å². The summed E-state index contributed by atoms with van der Waals surface area (Å²) >= 11 is 11.6. The van der Waals surface area contributed by atoms with E-state index in [1.54, 1.807) is 0 Å². The highest BCUT2D eigenvalue weighted by Crippen LogP contribution is 2.14. The van der Waals surface area contributed by atoms with E-state index in [1.165, 1.54) is 5.56 Å². The minimum atomic E-state index is -1.53. The standard InChI is InChI=1S/C9H12Cl2OSi/c1-2-12-9-5-3-8(4-6-9)7-13(10)11/h3-6,13H,2,7H2,1H3. The molecule has 0 atom stereocenters. The molecule has 1 nitrogen and oxygen atoms in total. The molecule has 0 saturated heterocycles. The molecule has 0 spiro atoms. The fourth-order valence-electron chi connectivity index (χ4n) is 1.07. The van der Waals surface area contributed by atoms with Crippen LogP contribution in [0.5, 0.6) is 5.75 Å². The molecule has 0 aliphatic heterocycles. The second-order valence-corrected chi connectivity index (χ2v) is 7.69. The molecule has 1 aromatic carbocycles. The van der Waals surface area contributed by atoms with E-state index in [9.17, 15) is 0 Å². The number of rotatable bonds is 4. The van der Waals surface area contributed by atoms with Gasteiger partial charge >= 0.3 is 0 Å². The Morgan fingerprint density at radius 3 is 2.31 bits per heavy atom. The van der Waals surface area contributed by atoms with Crippen molar-refractivity contribution in [3.05, 3.63) is 29.8 Å². The maximum absolute atomic E-state index is 5.79. The summed E-state index contributed by atoms with van der Waals surface area (Å²) < 4.78 is 5.31. The van der Waals surface area contributed by atoms with Crippen molar-refractivity contribution in [3.63, 3.8) is 0 Å². The monoisotopic (exact) mass is 234 g/mol. The Morgan fingerprint density at radius 1 is 1.23 bits per heavy atom.